The standard InChI is InChI=1S/C14H9BrClN3O4/c15-11-4-2-1-3-10(11)14(21)18-17-7-8-5-9(16)6-12(13(8)20)19(22)23/h1-7,20H,(H,18,21)/p-1/b17-7-. The molecule has 1 amide bonds. The van der Waals surface area contributed by atoms with Gasteiger partial charge in [-0.3, -0.25) is 14.9 Å². The Labute approximate surface area is 143 Å². The third kappa shape index (κ3) is 4.05. The second-order valence-corrected chi connectivity index (χ2v) is 5.57. The van der Waals surface area contributed by atoms with Gasteiger partial charge in [0.15, 0.2) is 0 Å². The van der Waals surface area contributed by atoms with Gasteiger partial charge in [0, 0.05) is 15.6 Å². The Balaban J connectivity index is 2.20. The third-order valence-electron chi connectivity index (χ3n) is 2.75. The van der Waals surface area contributed by atoms with E-state index in [1.807, 2.05) is 0 Å². The van der Waals surface area contributed by atoms with Gasteiger partial charge in [-0.05, 0) is 45.4 Å². The van der Waals surface area contributed by atoms with E-state index in [0.29, 0.717) is 10.0 Å². The van der Waals surface area contributed by atoms with E-state index in [-0.39, 0.29) is 10.6 Å². The predicted octanol–water partition coefficient (Wildman–Crippen LogP) is 2.85. The van der Waals surface area contributed by atoms with Crippen LogP contribution in [-0.2, 0) is 0 Å². The normalized spacial score (nSPS) is 10.7. The lowest BCUT2D eigenvalue weighted by molar-refractivity contribution is -0.398. The number of rotatable bonds is 4. The molecule has 0 unspecified atom stereocenters. The van der Waals surface area contributed by atoms with Crippen molar-refractivity contribution < 1.29 is 14.8 Å². The van der Waals surface area contributed by atoms with Gasteiger partial charge in [-0.2, -0.15) is 5.10 Å². The number of carbonyl (C=O) groups is 1. The molecule has 7 nitrogen and oxygen atoms in total. The first-order chi connectivity index (χ1) is 10.9. The molecular formula is C14H8BrClN3O4-. The highest BCUT2D eigenvalue weighted by Crippen LogP contribution is 2.29. The van der Waals surface area contributed by atoms with Gasteiger partial charge in [0.25, 0.3) is 11.6 Å². The SMILES string of the molecule is O=C(N/N=C\c1cc(Cl)cc([N+](=O)[O-])c1[O-])c1ccccc1Br. The zero-order valence-electron chi connectivity index (χ0n) is 11.3. The van der Waals surface area contributed by atoms with Crippen LogP contribution in [-0.4, -0.2) is 17.0 Å². The average Bonchev–Trinajstić information content (AvgIpc) is 2.50. The highest BCUT2D eigenvalue weighted by atomic mass is 79.9. The summed E-state index contributed by atoms with van der Waals surface area (Å²) in [4.78, 5) is 21.8. The summed E-state index contributed by atoms with van der Waals surface area (Å²) in [6.45, 7) is 0. The van der Waals surface area contributed by atoms with E-state index in [0.717, 1.165) is 12.3 Å². The number of halogens is 2. The summed E-state index contributed by atoms with van der Waals surface area (Å²) in [6, 6.07) is 8.89. The summed E-state index contributed by atoms with van der Waals surface area (Å²) >= 11 is 8.95. The van der Waals surface area contributed by atoms with Crippen molar-refractivity contribution in [2.45, 2.75) is 0 Å². The maximum absolute atomic E-state index is 11.9. The number of amides is 1. The van der Waals surface area contributed by atoms with Gasteiger partial charge in [-0.15, -0.1) is 0 Å². The minimum absolute atomic E-state index is 0.0230. The fourth-order valence-corrected chi connectivity index (χ4v) is 2.38. The van der Waals surface area contributed by atoms with Gasteiger partial charge >= 0.3 is 0 Å². The second kappa shape index (κ2) is 7.21. The number of hydrogen-bond acceptors (Lipinski definition) is 5. The summed E-state index contributed by atoms with van der Waals surface area (Å²) in [5, 5.41) is 26.3. The zero-order valence-corrected chi connectivity index (χ0v) is 13.7. The summed E-state index contributed by atoms with van der Waals surface area (Å²) in [5.41, 5.74) is 1.83. The van der Waals surface area contributed by atoms with Crippen molar-refractivity contribution in [3.05, 3.63) is 67.1 Å². The number of hydrogen-bond donors (Lipinski definition) is 1. The Morgan fingerprint density at radius 2 is 2.04 bits per heavy atom. The van der Waals surface area contributed by atoms with E-state index in [1.165, 1.54) is 6.07 Å². The molecule has 0 saturated heterocycles. The van der Waals surface area contributed by atoms with E-state index in [1.54, 1.807) is 24.3 Å². The van der Waals surface area contributed by atoms with Crippen LogP contribution in [0, 0.1) is 10.1 Å². The Morgan fingerprint density at radius 1 is 1.35 bits per heavy atom. The molecule has 1 N–H and O–H groups in total. The fourth-order valence-electron chi connectivity index (χ4n) is 1.70. The highest BCUT2D eigenvalue weighted by Gasteiger charge is 2.12. The molecule has 2 aromatic carbocycles. The van der Waals surface area contributed by atoms with Gasteiger partial charge < -0.3 is 5.11 Å². The lowest BCUT2D eigenvalue weighted by Gasteiger charge is -2.10. The number of nitro benzene ring substituents is 1. The van der Waals surface area contributed by atoms with Crippen molar-refractivity contribution in [1.29, 1.82) is 0 Å². The van der Waals surface area contributed by atoms with E-state index < -0.39 is 22.3 Å². The van der Waals surface area contributed by atoms with Crippen molar-refractivity contribution >= 4 is 45.3 Å². The Morgan fingerprint density at radius 3 is 2.70 bits per heavy atom. The number of nitrogens with one attached hydrogen (secondary N) is 1. The van der Waals surface area contributed by atoms with Gasteiger partial charge in [0.1, 0.15) is 0 Å². The monoisotopic (exact) mass is 396 g/mol. The second-order valence-electron chi connectivity index (χ2n) is 4.28. The molecule has 0 fully saturated rings. The first-order valence-corrected chi connectivity index (χ1v) is 7.30. The smallest absolute Gasteiger partial charge is 0.272 e. The number of carbonyl (C=O) groups excluding carboxylic acids is 1. The maximum Gasteiger partial charge on any atom is 0.272 e. The van der Waals surface area contributed by atoms with Crippen molar-refractivity contribution in [2.24, 2.45) is 5.10 Å². The van der Waals surface area contributed by atoms with Crippen LogP contribution < -0.4 is 10.5 Å². The number of nitrogens with zero attached hydrogens (tertiary/aromatic N) is 2. The predicted molar refractivity (Wildman–Crippen MR) is 86.8 cm³/mol. The minimum atomic E-state index is -0.835. The van der Waals surface area contributed by atoms with Crippen LogP contribution in [0.1, 0.15) is 15.9 Å². The molecule has 0 spiro atoms. The van der Waals surface area contributed by atoms with Crippen LogP contribution >= 0.6 is 27.5 Å². The molecule has 0 bridgehead atoms. The van der Waals surface area contributed by atoms with E-state index >= 15 is 0 Å². The average molecular weight is 398 g/mol. The highest BCUT2D eigenvalue weighted by molar-refractivity contribution is 9.10. The van der Waals surface area contributed by atoms with Gasteiger partial charge in [0.05, 0.1) is 16.7 Å². The van der Waals surface area contributed by atoms with E-state index in [9.17, 15) is 20.0 Å². The lowest BCUT2D eigenvalue weighted by atomic mass is 10.2. The summed E-state index contributed by atoms with van der Waals surface area (Å²) in [6.07, 6.45) is 1.01. The Kier molecular flexibility index (Phi) is 5.30. The summed E-state index contributed by atoms with van der Waals surface area (Å²) in [7, 11) is 0. The first-order valence-electron chi connectivity index (χ1n) is 6.13. The molecule has 0 aromatic heterocycles. The molecule has 0 aliphatic rings. The molecule has 0 radical (unpaired) electrons. The summed E-state index contributed by atoms with van der Waals surface area (Å²) in [5.74, 6) is -1.34. The molecule has 0 saturated carbocycles. The van der Waals surface area contributed by atoms with Crippen LogP contribution in [0.25, 0.3) is 0 Å². The van der Waals surface area contributed by atoms with Gasteiger partial charge in [-0.1, -0.05) is 23.7 Å². The van der Waals surface area contributed by atoms with Crippen LogP contribution in [0.3, 0.4) is 0 Å². The molecule has 0 heterocycles. The van der Waals surface area contributed by atoms with E-state index in [2.05, 4.69) is 26.5 Å². The number of hydrazone groups is 1. The molecule has 23 heavy (non-hydrogen) atoms. The lowest BCUT2D eigenvalue weighted by Crippen LogP contribution is -2.18. The van der Waals surface area contributed by atoms with Crippen LogP contribution in [0.15, 0.2) is 46.0 Å². The van der Waals surface area contributed by atoms with Crippen molar-refractivity contribution in [3.63, 3.8) is 0 Å². The minimum Gasteiger partial charge on any atom is -0.867 e. The topological polar surface area (TPSA) is 108 Å². The van der Waals surface area contributed by atoms with Crippen molar-refractivity contribution in [3.8, 4) is 5.75 Å². The maximum atomic E-state index is 11.9. The third-order valence-corrected chi connectivity index (χ3v) is 3.66. The Hall–Kier alpha value is -2.45. The largest absolute Gasteiger partial charge is 0.867 e. The van der Waals surface area contributed by atoms with Crippen molar-refractivity contribution in [2.75, 3.05) is 0 Å². The quantitative estimate of drug-likeness (QED) is 0.486. The number of nitro groups is 1. The first kappa shape index (κ1) is 16.9. The molecule has 2 rings (SSSR count). The molecular weight excluding hydrogens is 390 g/mol. The van der Waals surface area contributed by atoms with Gasteiger partial charge in [-0.25, -0.2) is 5.43 Å². The molecule has 0 atom stereocenters. The van der Waals surface area contributed by atoms with Crippen LogP contribution in [0.2, 0.25) is 5.02 Å². The molecule has 118 valence electrons. The molecule has 2 aromatic rings. The zero-order chi connectivity index (χ0) is 17.0. The Bertz CT molecular complexity index is 811. The van der Waals surface area contributed by atoms with Crippen LogP contribution in [0.4, 0.5) is 5.69 Å². The van der Waals surface area contributed by atoms with Gasteiger partial charge in [0.2, 0.25) is 0 Å². The molecule has 0 aliphatic carbocycles. The molecule has 0 aliphatic heterocycles. The fraction of sp³-hybridized carbons (Fsp3) is 0. The van der Waals surface area contributed by atoms with Crippen molar-refractivity contribution in [1.82, 2.24) is 5.43 Å². The molecule has 9 heteroatoms. The van der Waals surface area contributed by atoms with Crippen LogP contribution in [0.5, 0.6) is 5.75 Å². The van der Waals surface area contributed by atoms with E-state index in [4.69, 9.17) is 11.6 Å². The summed E-state index contributed by atoms with van der Waals surface area (Å²) < 4.78 is 0.579. The number of benzene rings is 2.